The van der Waals surface area contributed by atoms with Crippen LogP contribution in [0.15, 0.2) is 36.4 Å². The fourth-order valence-corrected chi connectivity index (χ4v) is 3.51. The Labute approximate surface area is 188 Å². The summed E-state index contributed by atoms with van der Waals surface area (Å²) < 4.78 is 0. The summed E-state index contributed by atoms with van der Waals surface area (Å²) in [5.74, 6) is -0.754. The van der Waals surface area contributed by atoms with Crippen LogP contribution in [0.3, 0.4) is 0 Å². The van der Waals surface area contributed by atoms with Crippen molar-refractivity contribution in [2.45, 2.75) is 27.7 Å². The van der Waals surface area contributed by atoms with E-state index in [0.717, 1.165) is 33.6 Å². The fourth-order valence-electron chi connectivity index (χ4n) is 3.51. The van der Waals surface area contributed by atoms with Crippen LogP contribution >= 0.6 is 0 Å². The van der Waals surface area contributed by atoms with Crippen molar-refractivity contribution in [3.05, 3.63) is 58.7 Å². The van der Waals surface area contributed by atoms with E-state index < -0.39 is 0 Å². The standard InChI is InChI=1S/C22H32N10/c1-13-5-7-17(15(3)11-13)31(21(27)29-19(23)24)9-10-32(22(28)30-20(25)26)18-8-6-14(2)12-16(18)4/h5-8,11-12H,9-10H2,1-4H3,(H5,23,24,27,29)(H5,25,26,28,30). The van der Waals surface area contributed by atoms with Gasteiger partial charge in [0.15, 0.2) is 11.9 Å². The summed E-state index contributed by atoms with van der Waals surface area (Å²) in [4.78, 5) is 3.40. The highest BCUT2D eigenvalue weighted by atomic mass is 15.4. The first-order chi connectivity index (χ1) is 15.0. The maximum absolute atomic E-state index is 8.46. The quantitative estimate of drug-likeness (QED) is 0.262. The molecule has 2 aromatic rings. The van der Waals surface area contributed by atoms with Gasteiger partial charge in [0.2, 0.25) is 11.9 Å². The molecule has 0 unspecified atom stereocenters. The van der Waals surface area contributed by atoms with Crippen molar-refractivity contribution in [2.75, 3.05) is 22.9 Å². The third-order valence-electron chi connectivity index (χ3n) is 4.88. The molecule has 0 amide bonds. The van der Waals surface area contributed by atoms with Gasteiger partial charge in [-0.25, -0.2) is 0 Å². The van der Waals surface area contributed by atoms with E-state index in [4.69, 9.17) is 33.1 Å². The molecule has 2 rings (SSSR count). The molecule has 0 saturated carbocycles. The van der Waals surface area contributed by atoms with E-state index in [0.29, 0.717) is 13.1 Å². The summed E-state index contributed by atoms with van der Waals surface area (Å²) in [6, 6.07) is 11.8. The molecule has 10 N–H and O–H groups in total. The first-order valence-corrected chi connectivity index (χ1v) is 10.1. The molecule has 10 nitrogen and oxygen atoms in total. The Kier molecular flexibility index (Phi) is 7.78. The third-order valence-corrected chi connectivity index (χ3v) is 4.88. The second-order valence-corrected chi connectivity index (χ2v) is 7.66. The van der Waals surface area contributed by atoms with Crippen molar-refractivity contribution in [1.29, 1.82) is 21.6 Å². The number of anilines is 2. The Morgan fingerprint density at radius 2 is 1.03 bits per heavy atom. The summed E-state index contributed by atoms with van der Waals surface area (Å²) in [6.07, 6.45) is 0. The zero-order chi connectivity index (χ0) is 24.0. The highest BCUT2D eigenvalue weighted by molar-refractivity contribution is 6.05. The van der Waals surface area contributed by atoms with Crippen molar-refractivity contribution >= 4 is 35.2 Å². The first kappa shape index (κ1) is 24.2. The minimum atomic E-state index is -0.331. The first-order valence-electron chi connectivity index (χ1n) is 10.1. The molecule has 0 bridgehead atoms. The van der Waals surface area contributed by atoms with E-state index in [1.165, 1.54) is 0 Å². The van der Waals surface area contributed by atoms with Crippen LogP contribution in [-0.4, -0.2) is 36.9 Å². The van der Waals surface area contributed by atoms with E-state index in [1.807, 2.05) is 64.1 Å². The lowest BCUT2D eigenvalue weighted by Gasteiger charge is -2.32. The summed E-state index contributed by atoms with van der Waals surface area (Å²) >= 11 is 0. The van der Waals surface area contributed by atoms with Crippen LogP contribution < -0.4 is 31.9 Å². The molecule has 0 aliphatic carbocycles. The normalized spacial score (nSPS) is 10.2. The van der Waals surface area contributed by atoms with Gasteiger partial charge in [-0.1, -0.05) is 35.4 Å². The number of guanidine groups is 4. The molecule has 0 fully saturated rings. The highest BCUT2D eigenvalue weighted by Crippen LogP contribution is 2.24. The minimum Gasteiger partial charge on any atom is -0.370 e. The van der Waals surface area contributed by atoms with Crippen molar-refractivity contribution in [2.24, 2.45) is 11.5 Å². The maximum atomic E-state index is 8.46. The number of rotatable bonds is 5. The van der Waals surface area contributed by atoms with Crippen LogP contribution in [0.1, 0.15) is 22.3 Å². The maximum Gasteiger partial charge on any atom is 0.202 e. The fraction of sp³-hybridized carbons (Fsp3) is 0.273. The Bertz CT molecular complexity index is 960. The van der Waals surface area contributed by atoms with Gasteiger partial charge in [0.05, 0.1) is 0 Å². The number of benzene rings is 2. The van der Waals surface area contributed by atoms with Gasteiger partial charge in [0.1, 0.15) is 0 Å². The molecule has 32 heavy (non-hydrogen) atoms. The molecular weight excluding hydrogens is 404 g/mol. The molecule has 2 aromatic carbocycles. The van der Waals surface area contributed by atoms with Gasteiger partial charge in [0, 0.05) is 24.5 Å². The highest BCUT2D eigenvalue weighted by Gasteiger charge is 2.20. The van der Waals surface area contributed by atoms with Gasteiger partial charge in [-0.3, -0.25) is 32.3 Å². The topological polar surface area (TPSA) is 178 Å². The van der Waals surface area contributed by atoms with Crippen molar-refractivity contribution < 1.29 is 0 Å². The van der Waals surface area contributed by atoms with Crippen LogP contribution in [0.4, 0.5) is 11.4 Å². The van der Waals surface area contributed by atoms with Crippen LogP contribution in [0.5, 0.6) is 0 Å². The van der Waals surface area contributed by atoms with Crippen molar-refractivity contribution in [3.63, 3.8) is 0 Å². The van der Waals surface area contributed by atoms with Gasteiger partial charge in [-0.2, -0.15) is 0 Å². The van der Waals surface area contributed by atoms with E-state index >= 15 is 0 Å². The van der Waals surface area contributed by atoms with E-state index in [1.54, 1.807) is 9.80 Å². The lowest BCUT2D eigenvalue weighted by molar-refractivity contribution is 0.877. The lowest BCUT2D eigenvalue weighted by Crippen LogP contribution is -2.52. The Balaban J connectivity index is 2.41. The SMILES string of the molecule is Cc1ccc(N(CCN(C(=N)NC(=N)N)c2ccc(C)cc2C)C(=N)NC(=N)N)c(C)c1. The average Bonchev–Trinajstić information content (AvgIpc) is 2.66. The molecule has 0 spiro atoms. The molecule has 0 aliphatic rings. The Morgan fingerprint density at radius 1 is 0.688 bits per heavy atom. The van der Waals surface area contributed by atoms with Crippen LogP contribution in [-0.2, 0) is 0 Å². The third kappa shape index (κ3) is 6.21. The van der Waals surface area contributed by atoms with Gasteiger partial charge in [-0.15, -0.1) is 0 Å². The summed E-state index contributed by atoms with van der Waals surface area (Å²) in [6.45, 7) is 8.51. The predicted octanol–water partition coefficient (Wildman–Crippen LogP) is 2.07. The zero-order valence-corrected chi connectivity index (χ0v) is 18.9. The van der Waals surface area contributed by atoms with Gasteiger partial charge in [-0.05, 0) is 51.0 Å². The smallest absolute Gasteiger partial charge is 0.202 e. The molecular formula is C22H32N10. The number of aryl methyl sites for hydroxylation is 4. The summed E-state index contributed by atoms with van der Waals surface area (Å²) in [5.41, 5.74) is 16.7. The molecule has 0 saturated heterocycles. The van der Waals surface area contributed by atoms with Gasteiger partial charge >= 0.3 is 0 Å². The van der Waals surface area contributed by atoms with E-state index in [9.17, 15) is 0 Å². The molecule has 170 valence electrons. The number of nitrogens with zero attached hydrogens (tertiary/aromatic N) is 2. The van der Waals surface area contributed by atoms with Crippen LogP contribution in [0, 0.1) is 49.3 Å². The minimum absolute atomic E-state index is 0.0453. The van der Waals surface area contributed by atoms with Crippen LogP contribution in [0.2, 0.25) is 0 Å². The van der Waals surface area contributed by atoms with E-state index in [-0.39, 0.29) is 23.8 Å². The molecule has 0 aliphatic heterocycles. The summed E-state index contributed by atoms with van der Waals surface area (Å²) in [5, 5.41) is 37.1. The van der Waals surface area contributed by atoms with Gasteiger partial charge < -0.3 is 21.3 Å². The van der Waals surface area contributed by atoms with E-state index in [2.05, 4.69) is 10.6 Å². The van der Waals surface area contributed by atoms with Crippen molar-refractivity contribution in [1.82, 2.24) is 10.6 Å². The monoisotopic (exact) mass is 436 g/mol. The Morgan fingerprint density at radius 3 is 1.31 bits per heavy atom. The molecule has 10 heteroatoms. The lowest BCUT2D eigenvalue weighted by atomic mass is 10.1. The second kappa shape index (κ2) is 10.3. The Hall–Kier alpha value is -4.08. The molecule has 0 atom stereocenters. The largest absolute Gasteiger partial charge is 0.370 e. The predicted molar refractivity (Wildman–Crippen MR) is 132 cm³/mol. The van der Waals surface area contributed by atoms with Gasteiger partial charge in [0.25, 0.3) is 0 Å². The molecule has 0 heterocycles. The number of hydrogen-bond acceptors (Lipinski definition) is 4. The number of nitrogens with one attached hydrogen (secondary N) is 6. The molecule has 0 aromatic heterocycles. The van der Waals surface area contributed by atoms with Crippen molar-refractivity contribution in [3.8, 4) is 0 Å². The summed E-state index contributed by atoms with van der Waals surface area (Å²) in [7, 11) is 0. The second-order valence-electron chi connectivity index (χ2n) is 7.66. The van der Waals surface area contributed by atoms with Crippen LogP contribution in [0.25, 0.3) is 0 Å². The zero-order valence-electron chi connectivity index (χ0n) is 18.9. The molecule has 0 radical (unpaired) electrons. The average molecular weight is 437 g/mol. The number of nitrogens with two attached hydrogens (primary N) is 2. The number of hydrogen-bond donors (Lipinski definition) is 8.